The van der Waals surface area contributed by atoms with E-state index in [0.29, 0.717) is 25.8 Å². The first-order valence-corrected chi connectivity index (χ1v) is 11.7. The first-order valence-electron chi connectivity index (χ1n) is 11.7. The first-order chi connectivity index (χ1) is 16.5. The summed E-state index contributed by atoms with van der Waals surface area (Å²) >= 11 is 0. The van der Waals surface area contributed by atoms with Crippen molar-refractivity contribution in [2.24, 2.45) is 23.1 Å². The normalized spacial score (nSPS) is 13.6. The number of aryl methyl sites for hydroxylation is 1. The lowest BCUT2D eigenvalue weighted by atomic mass is 9.93. The number of hydrogen-bond acceptors (Lipinski definition) is 6. The van der Waals surface area contributed by atoms with E-state index in [1.54, 1.807) is 6.08 Å². The quantitative estimate of drug-likeness (QED) is 0.166. The van der Waals surface area contributed by atoms with E-state index in [1.165, 1.54) is 13.0 Å². The molecule has 0 aromatic heterocycles. The lowest BCUT2D eigenvalue weighted by molar-refractivity contribution is -0.130. The Balaban J connectivity index is 2.56. The summed E-state index contributed by atoms with van der Waals surface area (Å²) in [5.41, 5.74) is 18.1. The number of nitrogens with two attached hydrogens (primary N) is 3. The fourth-order valence-electron chi connectivity index (χ4n) is 3.31. The Bertz CT molecular complexity index is 913. The average molecular weight is 488 g/mol. The second kappa shape index (κ2) is 15.4. The van der Waals surface area contributed by atoms with E-state index >= 15 is 0 Å². The number of primary amides is 2. The van der Waals surface area contributed by atoms with Crippen molar-refractivity contribution in [1.82, 2.24) is 10.6 Å². The highest BCUT2D eigenvalue weighted by Gasteiger charge is 2.25. The third kappa shape index (κ3) is 11.9. The van der Waals surface area contributed by atoms with Gasteiger partial charge in [-0.1, -0.05) is 29.8 Å². The molecule has 0 aliphatic rings. The molecule has 10 nitrogen and oxygen atoms in total. The van der Waals surface area contributed by atoms with Crippen molar-refractivity contribution in [1.29, 1.82) is 0 Å². The van der Waals surface area contributed by atoms with Gasteiger partial charge in [-0.3, -0.25) is 24.0 Å². The van der Waals surface area contributed by atoms with E-state index in [4.69, 9.17) is 17.2 Å². The molecule has 0 saturated carbocycles. The average Bonchev–Trinajstić information content (AvgIpc) is 2.80. The van der Waals surface area contributed by atoms with E-state index < -0.39 is 41.6 Å². The van der Waals surface area contributed by atoms with Gasteiger partial charge in [-0.15, -0.1) is 0 Å². The van der Waals surface area contributed by atoms with Gasteiger partial charge < -0.3 is 27.8 Å². The Morgan fingerprint density at radius 2 is 1.60 bits per heavy atom. The monoisotopic (exact) mass is 487 g/mol. The summed E-state index contributed by atoms with van der Waals surface area (Å²) in [7, 11) is 0. The number of rotatable bonds is 16. The summed E-state index contributed by atoms with van der Waals surface area (Å²) in [5.74, 6) is -3.57. The van der Waals surface area contributed by atoms with Gasteiger partial charge in [-0.05, 0) is 57.7 Å². The van der Waals surface area contributed by atoms with Crippen molar-refractivity contribution in [3.8, 4) is 0 Å². The maximum absolute atomic E-state index is 12.5. The predicted molar refractivity (Wildman–Crippen MR) is 133 cm³/mol. The molecule has 0 heterocycles. The molecular weight excluding hydrogens is 450 g/mol. The van der Waals surface area contributed by atoms with Crippen molar-refractivity contribution in [2.45, 2.75) is 64.5 Å². The molecule has 0 radical (unpaired) electrons. The molecular formula is C25H37N5O5. The van der Waals surface area contributed by atoms with Crippen LogP contribution in [0.2, 0.25) is 0 Å². The van der Waals surface area contributed by atoms with Gasteiger partial charge in [0.1, 0.15) is 6.04 Å². The van der Waals surface area contributed by atoms with Crippen LogP contribution in [0.1, 0.15) is 56.6 Å². The van der Waals surface area contributed by atoms with E-state index in [0.717, 1.165) is 11.1 Å². The van der Waals surface area contributed by atoms with Crippen molar-refractivity contribution >= 4 is 35.5 Å². The van der Waals surface area contributed by atoms with Crippen LogP contribution >= 0.6 is 0 Å². The Morgan fingerprint density at radius 3 is 2.17 bits per heavy atom. The van der Waals surface area contributed by atoms with Crippen LogP contribution in [0.15, 0.2) is 30.3 Å². The van der Waals surface area contributed by atoms with Gasteiger partial charge >= 0.3 is 0 Å². The summed E-state index contributed by atoms with van der Waals surface area (Å²) in [4.78, 5) is 60.3. The molecule has 1 rings (SSSR count). The molecule has 1 aromatic rings. The van der Waals surface area contributed by atoms with Crippen molar-refractivity contribution in [2.75, 3.05) is 6.54 Å². The van der Waals surface area contributed by atoms with Gasteiger partial charge in [0.25, 0.3) is 0 Å². The number of amides is 4. The fourth-order valence-corrected chi connectivity index (χ4v) is 3.31. The van der Waals surface area contributed by atoms with Crippen LogP contribution in [0.4, 0.5) is 0 Å². The number of nitrogens with one attached hydrogen (secondary N) is 2. The van der Waals surface area contributed by atoms with Crippen LogP contribution in [-0.4, -0.2) is 48.0 Å². The van der Waals surface area contributed by atoms with Crippen LogP contribution in [-0.2, 0) is 24.0 Å². The first kappa shape index (κ1) is 29.5. The van der Waals surface area contributed by atoms with E-state index in [2.05, 4.69) is 10.6 Å². The minimum atomic E-state index is -0.889. The number of benzene rings is 1. The molecule has 0 saturated heterocycles. The third-order valence-electron chi connectivity index (χ3n) is 5.54. The summed E-state index contributed by atoms with van der Waals surface area (Å²) in [6.45, 7) is 3.95. The number of carbonyl (C=O) groups excluding carboxylic acids is 5. The molecule has 10 heteroatoms. The highest BCUT2D eigenvalue weighted by molar-refractivity contribution is 5.97. The Labute approximate surface area is 206 Å². The zero-order valence-corrected chi connectivity index (χ0v) is 20.4. The molecule has 35 heavy (non-hydrogen) atoms. The van der Waals surface area contributed by atoms with Gasteiger partial charge in [-0.25, -0.2) is 0 Å². The molecule has 192 valence electrons. The van der Waals surface area contributed by atoms with Crippen LogP contribution in [0.3, 0.4) is 0 Å². The van der Waals surface area contributed by atoms with Crippen LogP contribution < -0.4 is 27.8 Å². The van der Waals surface area contributed by atoms with Gasteiger partial charge in [0.05, 0.1) is 6.04 Å². The minimum absolute atomic E-state index is 0.0230. The smallest absolute Gasteiger partial charge is 0.244 e. The lowest BCUT2D eigenvalue weighted by Gasteiger charge is -2.18. The van der Waals surface area contributed by atoms with Crippen LogP contribution in [0, 0.1) is 12.8 Å². The lowest BCUT2D eigenvalue weighted by Crippen LogP contribution is -2.44. The molecule has 2 unspecified atom stereocenters. The zero-order valence-electron chi connectivity index (χ0n) is 20.4. The summed E-state index contributed by atoms with van der Waals surface area (Å²) in [6.07, 6.45) is 4.34. The van der Waals surface area contributed by atoms with E-state index in [-0.39, 0.29) is 25.0 Å². The van der Waals surface area contributed by atoms with Gasteiger partial charge in [0.15, 0.2) is 5.78 Å². The molecule has 1 aromatic carbocycles. The topological polar surface area (TPSA) is 187 Å². The summed E-state index contributed by atoms with van der Waals surface area (Å²) < 4.78 is 0. The maximum Gasteiger partial charge on any atom is 0.244 e. The standard InChI is InChI=1S/C25H37N5O5/c1-16-6-8-18(9-7-16)10-12-22(32)29-17(2)21(31)15-19(24(27)34)11-13-23(33)30-20(25(28)35)5-3-4-14-26/h6-10,12,17,19-20H,3-5,11,13-15,26H2,1-2H3,(H2,27,34)(H2,28,35)(H,29,32)(H,30,33)/b12-10+/t17?,19-,20?/m1/s1. The zero-order chi connectivity index (χ0) is 26.4. The molecule has 0 bridgehead atoms. The molecule has 4 amide bonds. The van der Waals surface area contributed by atoms with Crippen molar-refractivity contribution < 1.29 is 24.0 Å². The van der Waals surface area contributed by atoms with E-state index in [9.17, 15) is 24.0 Å². The number of ketones is 1. The second-order valence-electron chi connectivity index (χ2n) is 8.59. The molecule has 0 aliphatic carbocycles. The van der Waals surface area contributed by atoms with Crippen molar-refractivity contribution in [3.05, 3.63) is 41.5 Å². The van der Waals surface area contributed by atoms with E-state index in [1.807, 2.05) is 31.2 Å². The third-order valence-corrected chi connectivity index (χ3v) is 5.54. The summed E-state index contributed by atoms with van der Waals surface area (Å²) in [5, 5.41) is 5.11. The molecule has 3 atom stereocenters. The van der Waals surface area contributed by atoms with Crippen LogP contribution in [0.25, 0.3) is 6.08 Å². The highest BCUT2D eigenvalue weighted by Crippen LogP contribution is 2.14. The second-order valence-corrected chi connectivity index (χ2v) is 8.59. The van der Waals surface area contributed by atoms with Gasteiger partial charge in [0.2, 0.25) is 23.6 Å². The number of carbonyl (C=O) groups is 5. The SMILES string of the molecule is Cc1ccc(/C=C/C(=O)NC(C)C(=O)C[C@@H](CCC(=O)NC(CCCCN)C(N)=O)C(N)=O)cc1. The summed E-state index contributed by atoms with van der Waals surface area (Å²) in [6, 6.07) is 5.90. The maximum atomic E-state index is 12.5. The predicted octanol–water partition coefficient (Wildman–Crippen LogP) is 0.453. The molecule has 0 fully saturated rings. The van der Waals surface area contributed by atoms with Crippen molar-refractivity contribution in [3.63, 3.8) is 0 Å². The number of unbranched alkanes of at least 4 members (excludes halogenated alkanes) is 1. The molecule has 0 spiro atoms. The Hall–Kier alpha value is -3.53. The van der Waals surface area contributed by atoms with Crippen LogP contribution in [0.5, 0.6) is 0 Å². The molecule has 0 aliphatic heterocycles. The highest BCUT2D eigenvalue weighted by atomic mass is 16.2. The molecule has 8 N–H and O–H groups in total. The minimum Gasteiger partial charge on any atom is -0.369 e. The largest absolute Gasteiger partial charge is 0.369 e. The Kier molecular flexibility index (Phi) is 13.0. The number of hydrogen-bond donors (Lipinski definition) is 5. The number of Topliss-reactive ketones (excluding diaryl/α,β-unsaturated/α-hetero) is 1. The van der Waals surface area contributed by atoms with Gasteiger partial charge in [-0.2, -0.15) is 0 Å². The fraction of sp³-hybridized carbons (Fsp3) is 0.480. The van der Waals surface area contributed by atoms with Gasteiger partial charge in [0, 0.05) is 24.8 Å². The Morgan fingerprint density at radius 1 is 0.943 bits per heavy atom.